The molecule has 1 spiro atoms. The number of epoxide rings is 1. The highest BCUT2D eigenvalue weighted by Gasteiger charge is 2.88. The summed E-state index contributed by atoms with van der Waals surface area (Å²) in [6, 6.07) is 0. The number of carbonyl (C=O) groups is 2. The van der Waals surface area contributed by atoms with E-state index < -0.39 is 17.7 Å². The third-order valence-electron chi connectivity index (χ3n) is 4.45. The van der Waals surface area contributed by atoms with Gasteiger partial charge in [0.1, 0.15) is 11.7 Å². The third kappa shape index (κ3) is 0.877. The summed E-state index contributed by atoms with van der Waals surface area (Å²) in [5.41, 5.74) is -0.0620. The van der Waals surface area contributed by atoms with Crippen LogP contribution in [0.3, 0.4) is 0 Å². The Bertz CT molecular complexity index is 470. The zero-order valence-corrected chi connectivity index (χ0v) is 9.34. The van der Waals surface area contributed by atoms with Crippen molar-refractivity contribution >= 4 is 11.9 Å². The second-order valence-electron chi connectivity index (χ2n) is 5.34. The Balaban J connectivity index is 1.61. The lowest BCUT2D eigenvalue weighted by molar-refractivity contribution is -0.191. The minimum atomic E-state index is -0.441. The minimum absolute atomic E-state index is 0.0430. The van der Waals surface area contributed by atoms with Crippen molar-refractivity contribution in [2.24, 2.45) is 11.8 Å². The van der Waals surface area contributed by atoms with Gasteiger partial charge < -0.3 is 14.2 Å². The van der Waals surface area contributed by atoms with Gasteiger partial charge in [0.2, 0.25) is 0 Å². The SMILES string of the molecule is C=C(C)C(=O)OC1C2OC(=O)C3CC4OC41C32. The molecular formula is C12H12O5. The summed E-state index contributed by atoms with van der Waals surface area (Å²) in [6.45, 7) is 5.14. The standard InChI is InChI=1S/C12H12O5/c1-4(2)10(13)16-9-8-7-5(11(14)15-8)3-6-12(7,9)17-6/h5-9H,1,3H2,2H3. The molecule has 0 N–H and O–H groups in total. The highest BCUT2D eigenvalue weighted by atomic mass is 16.7. The largest absolute Gasteiger partial charge is 0.458 e. The van der Waals surface area contributed by atoms with Crippen LogP contribution in [0.5, 0.6) is 0 Å². The Hall–Kier alpha value is -1.36. The number of hydrogen-bond donors (Lipinski definition) is 0. The normalized spacial score (nSPS) is 52.1. The van der Waals surface area contributed by atoms with Gasteiger partial charge in [-0.3, -0.25) is 4.79 Å². The number of hydrogen-bond acceptors (Lipinski definition) is 5. The van der Waals surface area contributed by atoms with E-state index in [9.17, 15) is 9.59 Å². The van der Waals surface area contributed by atoms with Gasteiger partial charge in [0, 0.05) is 11.5 Å². The van der Waals surface area contributed by atoms with Gasteiger partial charge >= 0.3 is 11.9 Å². The molecule has 17 heavy (non-hydrogen) atoms. The van der Waals surface area contributed by atoms with E-state index in [4.69, 9.17) is 14.2 Å². The third-order valence-corrected chi connectivity index (χ3v) is 4.45. The van der Waals surface area contributed by atoms with Gasteiger partial charge in [0.05, 0.1) is 12.0 Å². The summed E-state index contributed by atoms with van der Waals surface area (Å²) in [5.74, 6) is -0.547. The van der Waals surface area contributed by atoms with Gasteiger partial charge in [-0.15, -0.1) is 0 Å². The molecule has 6 unspecified atom stereocenters. The number of esters is 2. The van der Waals surface area contributed by atoms with E-state index in [0.29, 0.717) is 12.0 Å². The molecule has 5 nitrogen and oxygen atoms in total. The van der Waals surface area contributed by atoms with Crippen LogP contribution in [0.2, 0.25) is 0 Å². The van der Waals surface area contributed by atoms with Crippen LogP contribution in [0.25, 0.3) is 0 Å². The fourth-order valence-corrected chi connectivity index (χ4v) is 3.66. The summed E-state index contributed by atoms with van der Waals surface area (Å²) < 4.78 is 16.2. The molecule has 0 radical (unpaired) electrons. The zero-order valence-electron chi connectivity index (χ0n) is 9.34. The Morgan fingerprint density at radius 2 is 2.35 bits per heavy atom. The van der Waals surface area contributed by atoms with E-state index in [-0.39, 0.29) is 30.0 Å². The molecule has 4 aliphatic rings. The smallest absolute Gasteiger partial charge is 0.333 e. The summed E-state index contributed by atoms with van der Waals surface area (Å²) >= 11 is 0. The average molecular weight is 236 g/mol. The molecule has 6 atom stereocenters. The van der Waals surface area contributed by atoms with Crippen molar-refractivity contribution in [1.82, 2.24) is 0 Å². The van der Waals surface area contributed by atoms with Crippen molar-refractivity contribution in [3.63, 3.8) is 0 Å². The first-order chi connectivity index (χ1) is 8.05. The maximum atomic E-state index is 11.6. The molecule has 2 saturated carbocycles. The van der Waals surface area contributed by atoms with Crippen LogP contribution in [0, 0.1) is 11.8 Å². The van der Waals surface area contributed by atoms with Gasteiger partial charge in [-0.25, -0.2) is 4.79 Å². The molecule has 5 heteroatoms. The highest BCUT2D eigenvalue weighted by Crippen LogP contribution is 2.71. The van der Waals surface area contributed by atoms with Gasteiger partial charge in [-0.05, 0) is 13.3 Å². The quantitative estimate of drug-likeness (QED) is 0.389. The second-order valence-corrected chi connectivity index (χ2v) is 5.34. The predicted molar refractivity (Wildman–Crippen MR) is 53.8 cm³/mol. The van der Waals surface area contributed by atoms with Crippen molar-refractivity contribution in [3.8, 4) is 0 Å². The molecule has 0 aromatic heterocycles. The summed E-state index contributed by atoms with van der Waals surface area (Å²) in [4.78, 5) is 23.1. The van der Waals surface area contributed by atoms with Crippen LogP contribution < -0.4 is 0 Å². The number of ether oxygens (including phenoxy) is 3. The van der Waals surface area contributed by atoms with Crippen molar-refractivity contribution in [2.45, 2.75) is 37.3 Å². The summed E-state index contributed by atoms with van der Waals surface area (Å²) in [6.07, 6.45) is 0.0483. The van der Waals surface area contributed by atoms with Crippen molar-refractivity contribution in [1.29, 1.82) is 0 Å². The topological polar surface area (TPSA) is 65.1 Å². The molecular weight excluding hydrogens is 224 g/mol. The average Bonchev–Trinajstić information content (AvgIpc) is 2.82. The molecule has 2 aliphatic carbocycles. The molecule has 4 fully saturated rings. The monoisotopic (exact) mass is 236 g/mol. The molecule has 0 amide bonds. The second kappa shape index (κ2) is 2.56. The van der Waals surface area contributed by atoms with Gasteiger partial charge in [-0.2, -0.15) is 0 Å². The fourth-order valence-electron chi connectivity index (χ4n) is 3.66. The van der Waals surface area contributed by atoms with Crippen LogP contribution in [0.1, 0.15) is 13.3 Å². The first-order valence-corrected chi connectivity index (χ1v) is 5.80. The lowest BCUT2D eigenvalue weighted by Crippen LogP contribution is -2.63. The Labute approximate surface area is 97.7 Å². The van der Waals surface area contributed by atoms with Crippen LogP contribution in [0.4, 0.5) is 0 Å². The molecule has 0 aromatic carbocycles. The lowest BCUT2D eigenvalue weighted by Gasteiger charge is -2.43. The molecule has 2 heterocycles. The van der Waals surface area contributed by atoms with E-state index in [2.05, 4.69) is 6.58 Å². The molecule has 0 aromatic rings. The molecule has 2 saturated heterocycles. The van der Waals surface area contributed by atoms with Crippen LogP contribution in [-0.4, -0.2) is 35.9 Å². The van der Waals surface area contributed by atoms with Crippen LogP contribution in [0.15, 0.2) is 12.2 Å². The first-order valence-electron chi connectivity index (χ1n) is 5.80. The van der Waals surface area contributed by atoms with E-state index in [1.165, 1.54) is 0 Å². The van der Waals surface area contributed by atoms with E-state index in [1.54, 1.807) is 6.92 Å². The fraction of sp³-hybridized carbons (Fsp3) is 0.667. The molecule has 90 valence electrons. The molecule has 2 aliphatic heterocycles. The van der Waals surface area contributed by atoms with Gasteiger partial charge in [0.15, 0.2) is 6.10 Å². The summed E-state index contributed by atoms with van der Waals surface area (Å²) in [7, 11) is 0. The van der Waals surface area contributed by atoms with Crippen molar-refractivity contribution in [3.05, 3.63) is 12.2 Å². The van der Waals surface area contributed by atoms with E-state index >= 15 is 0 Å². The zero-order chi connectivity index (χ0) is 11.9. The number of carbonyl (C=O) groups excluding carboxylic acids is 2. The maximum Gasteiger partial charge on any atom is 0.333 e. The van der Waals surface area contributed by atoms with Gasteiger partial charge in [-0.1, -0.05) is 6.58 Å². The molecule has 0 bridgehead atoms. The van der Waals surface area contributed by atoms with Crippen LogP contribution >= 0.6 is 0 Å². The Morgan fingerprint density at radius 1 is 1.59 bits per heavy atom. The molecule has 4 rings (SSSR count). The summed E-state index contributed by atoms with van der Waals surface area (Å²) in [5, 5.41) is 0. The van der Waals surface area contributed by atoms with Crippen LogP contribution in [-0.2, 0) is 23.8 Å². The van der Waals surface area contributed by atoms with E-state index in [1.807, 2.05) is 0 Å². The Morgan fingerprint density at radius 3 is 3.06 bits per heavy atom. The van der Waals surface area contributed by atoms with Gasteiger partial charge in [0.25, 0.3) is 0 Å². The lowest BCUT2D eigenvalue weighted by atomic mass is 9.67. The Kier molecular flexibility index (Phi) is 1.45. The van der Waals surface area contributed by atoms with Crippen molar-refractivity contribution < 1.29 is 23.8 Å². The van der Waals surface area contributed by atoms with E-state index in [0.717, 1.165) is 0 Å². The minimum Gasteiger partial charge on any atom is -0.458 e. The highest BCUT2D eigenvalue weighted by molar-refractivity contribution is 5.87. The maximum absolute atomic E-state index is 11.6. The van der Waals surface area contributed by atoms with Crippen molar-refractivity contribution in [2.75, 3.05) is 0 Å². The number of rotatable bonds is 2. The predicted octanol–water partition coefficient (Wildman–Crippen LogP) is 0.187. The first kappa shape index (κ1) is 9.65.